The number of halogens is 1. The highest BCUT2D eigenvalue weighted by molar-refractivity contribution is 6.74. The molecule has 0 aromatic carbocycles. The van der Waals surface area contributed by atoms with Gasteiger partial charge in [-0.1, -0.05) is 20.8 Å². The third-order valence-corrected chi connectivity index (χ3v) is 10.3. The molecule has 2 heterocycles. The summed E-state index contributed by atoms with van der Waals surface area (Å²) in [5.74, 6) is -0.926. The fourth-order valence-electron chi connectivity index (χ4n) is 2.82. The lowest BCUT2D eigenvalue weighted by Crippen LogP contribution is -2.45. The minimum absolute atomic E-state index is 0.0166. The zero-order valence-corrected chi connectivity index (χ0v) is 19.8. The van der Waals surface area contributed by atoms with Crippen molar-refractivity contribution in [2.45, 2.75) is 83.3 Å². The summed E-state index contributed by atoms with van der Waals surface area (Å²) in [6.07, 6.45) is -4.64. The maximum atomic E-state index is 15.3. The molecule has 2 rings (SSSR count). The molecular weight excluding hydrogens is 427 g/mol. The fourth-order valence-corrected chi connectivity index (χ4v) is 3.83. The molecule has 1 fully saturated rings. The van der Waals surface area contributed by atoms with E-state index in [1.54, 1.807) is 0 Å². The molecule has 1 aliphatic heterocycles. The van der Waals surface area contributed by atoms with Gasteiger partial charge in [-0.25, -0.2) is 9.18 Å². The summed E-state index contributed by atoms with van der Waals surface area (Å²) < 4.78 is 33.4. The first kappa shape index (κ1) is 25.2. The molecule has 0 saturated carbocycles. The number of H-pyrrole nitrogens is 1. The molecule has 4 atom stereocenters. The maximum Gasteiger partial charge on any atom is 0.330 e. The van der Waals surface area contributed by atoms with Crippen molar-refractivity contribution in [2.75, 3.05) is 6.61 Å². The highest BCUT2D eigenvalue weighted by Crippen LogP contribution is 2.38. The van der Waals surface area contributed by atoms with Gasteiger partial charge in [0.05, 0.1) is 13.0 Å². The molecule has 4 unspecified atom stereocenters. The number of hydrogen-bond acceptors (Lipinski definition) is 7. The predicted molar refractivity (Wildman–Crippen MR) is 113 cm³/mol. The van der Waals surface area contributed by atoms with Gasteiger partial charge in [-0.2, -0.15) is 0 Å². The van der Waals surface area contributed by atoms with Crippen molar-refractivity contribution in [3.63, 3.8) is 0 Å². The first-order valence-electron chi connectivity index (χ1n) is 10.2. The summed E-state index contributed by atoms with van der Waals surface area (Å²) in [6.45, 7) is 11.5. The van der Waals surface area contributed by atoms with Crippen LogP contribution in [-0.2, 0) is 23.5 Å². The number of rotatable bonds is 8. The minimum atomic E-state index is -2.22. The van der Waals surface area contributed by atoms with Crippen molar-refractivity contribution in [3.05, 3.63) is 33.1 Å². The third kappa shape index (κ3) is 6.20. The molecule has 11 heteroatoms. The Morgan fingerprint density at radius 1 is 1.26 bits per heavy atom. The summed E-state index contributed by atoms with van der Waals surface area (Å²) in [5, 5.41) is -0.108. The molecule has 9 nitrogen and oxygen atoms in total. The van der Waals surface area contributed by atoms with Crippen LogP contribution < -0.4 is 11.2 Å². The topological polar surface area (TPSA) is 117 Å². The molecule has 1 saturated heterocycles. The van der Waals surface area contributed by atoms with E-state index in [0.29, 0.717) is 0 Å². The van der Waals surface area contributed by atoms with E-state index in [4.69, 9.17) is 13.9 Å². The van der Waals surface area contributed by atoms with Gasteiger partial charge in [-0.3, -0.25) is 19.1 Å². The molecule has 31 heavy (non-hydrogen) atoms. The summed E-state index contributed by atoms with van der Waals surface area (Å²) in [6, 6.07) is 1.07. The van der Waals surface area contributed by atoms with Crippen LogP contribution in [0.25, 0.3) is 0 Å². The van der Waals surface area contributed by atoms with Crippen LogP contribution in [0, 0.1) is 0 Å². The number of esters is 1. The minimum Gasteiger partial charge on any atom is -0.456 e. The van der Waals surface area contributed by atoms with E-state index in [1.807, 2.05) is 13.1 Å². The van der Waals surface area contributed by atoms with Crippen molar-refractivity contribution in [3.8, 4) is 0 Å². The molecule has 0 aliphatic carbocycles. The highest BCUT2D eigenvalue weighted by atomic mass is 28.4. The summed E-state index contributed by atoms with van der Waals surface area (Å²) in [7, 11) is -2.22. The van der Waals surface area contributed by atoms with Crippen LogP contribution in [0.3, 0.4) is 0 Å². The lowest BCUT2D eigenvalue weighted by Gasteiger charge is -2.37. The number of carbonyl (C=O) groups is 2. The van der Waals surface area contributed by atoms with E-state index in [1.165, 1.54) is 6.92 Å². The van der Waals surface area contributed by atoms with E-state index in [9.17, 15) is 19.2 Å². The molecule has 0 spiro atoms. The third-order valence-electron chi connectivity index (χ3n) is 5.76. The fraction of sp³-hybridized carbons (Fsp3) is 0.700. The Morgan fingerprint density at radius 3 is 2.45 bits per heavy atom. The van der Waals surface area contributed by atoms with Gasteiger partial charge in [0.2, 0.25) is 0 Å². The molecular formula is C20H31FN2O7Si. The van der Waals surface area contributed by atoms with Crippen molar-refractivity contribution >= 4 is 20.1 Å². The second-order valence-corrected chi connectivity index (χ2v) is 14.1. The quantitative estimate of drug-likeness (QED) is 0.468. The Kier molecular flexibility index (Phi) is 7.77. The normalized spacial score (nSPS) is 24.2. The van der Waals surface area contributed by atoms with Crippen LogP contribution in [0.15, 0.2) is 21.9 Å². The Balaban J connectivity index is 2.25. The molecule has 1 aromatic rings. The molecule has 0 bridgehead atoms. The van der Waals surface area contributed by atoms with Gasteiger partial charge < -0.3 is 18.7 Å². The van der Waals surface area contributed by atoms with E-state index >= 15 is 4.39 Å². The van der Waals surface area contributed by atoms with Crippen LogP contribution in [-0.4, -0.2) is 54.6 Å². The van der Waals surface area contributed by atoms with Gasteiger partial charge in [0.25, 0.3) is 5.56 Å². The zero-order chi connectivity index (χ0) is 23.6. The molecule has 0 amide bonds. The second kappa shape index (κ2) is 9.57. The van der Waals surface area contributed by atoms with Gasteiger partial charge in [-0.15, -0.1) is 0 Å². The first-order valence-corrected chi connectivity index (χ1v) is 13.1. The van der Waals surface area contributed by atoms with E-state index < -0.39 is 50.1 Å². The number of Topliss-reactive ketones (excluding diaryl/α,β-unsaturated/α-hetero) is 1. The highest BCUT2D eigenvalue weighted by Gasteiger charge is 2.50. The van der Waals surface area contributed by atoms with Crippen molar-refractivity contribution < 1.29 is 27.9 Å². The van der Waals surface area contributed by atoms with Crippen LogP contribution in [0.2, 0.25) is 18.1 Å². The number of ketones is 1. The van der Waals surface area contributed by atoms with Crippen LogP contribution in [0.4, 0.5) is 4.39 Å². The number of nitrogens with zero attached hydrogens (tertiary/aromatic N) is 1. The maximum absolute atomic E-state index is 15.3. The number of carbonyl (C=O) groups excluding carboxylic acids is 2. The zero-order valence-electron chi connectivity index (χ0n) is 18.8. The van der Waals surface area contributed by atoms with Gasteiger partial charge in [0.15, 0.2) is 26.8 Å². The summed E-state index contributed by atoms with van der Waals surface area (Å²) in [5.41, 5.74) is -1.47. The SMILES string of the molecule is CC(=O)CCC(=O)OC1C(CO[Si](C)(C)C(C)(C)C)OC(n2ccc(=O)[nH]c2=O)C1F. The van der Waals surface area contributed by atoms with Crippen LogP contribution in [0.1, 0.15) is 46.8 Å². The van der Waals surface area contributed by atoms with E-state index in [0.717, 1.165) is 16.8 Å². The lowest BCUT2D eigenvalue weighted by molar-refractivity contribution is -0.155. The smallest absolute Gasteiger partial charge is 0.330 e. The number of hydrogen-bond donors (Lipinski definition) is 1. The van der Waals surface area contributed by atoms with Gasteiger partial charge in [-0.05, 0) is 25.1 Å². The van der Waals surface area contributed by atoms with Gasteiger partial charge in [0.1, 0.15) is 11.9 Å². The Bertz CT molecular complexity index is 921. The lowest BCUT2D eigenvalue weighted by atomic mass is 10.1. The Morgan fingerprint density at radius 2 is 1.90 bits per heavy atom. The van der Waals surface area contributed by atoms with Crippen LogP contribution in [0.5, 0.6) is 0 Å². The molecule has 1 aliphatic rings. The summed E-state index contributed by atoms with van der Waals surface area (Å²) in [4.78, 5) is 48.8. The van der Waals surface area contributed by atoms with Gasteiger partial charge in [0, 0.05) is 18.7 Å². The Hall–Kier alpha value is -2.11. The first-order chi connectivity index (χ1) is 14.2. The van der Waals surface area contributed by atoms with Crippen molar-refractivity contribution in [1.29, 1.82) is 0 Å². The number of aromatic amines is 1. The average Bonchev–Trinajstić information content (AvgIpc) is 2.93. The van der Waals surface area contributed by atoms with E-state index in [-0.39, 0.29) is 30.3 Å². The average molecular weight is 459 g/mol. The Labute approximate surface area is 181 Å². The van der Waals surface area contributed by atoms with Crippen molar-refractivity contribution in [2.24, 2.45) is 0 Å². The summed E-state index contributed by atoms with van der Waals surface area (Å²) >= 11 is 0. The van der Waals surface area contributed by atoms with E-state index in [2.05, 4.69) is 25.8 Å². The monoisotopic (exact) mass is 458 g/mol. The number of nitrogens with one attached hydrogen (secondary N) is 1. The van der Waals surface area contributed by atoms with Crippen LogP contribution >= 0.6 is 0 Å². The number of alkyl halides is 1. The standard InChI is InChI=1S/C20H31FN2O7Si/c1-12(24)7-8-15(26)30-17-13(11-28-31(5,6)20(2,3)4)29-18(16(17)21)23-10-9-14(25)22-19(23)27/h9-10,13,16-18H,7-8,11H2,1-6H3,(H,22,25,27). The molecule has 0 radical (unpaired) electrons. The predicted octanol–water partition coefficient (Wildman–Crippen LogP) is 2.07. The molecule has 1 N–H and O–H groups in total. The second-order valence-electron chi connectivity index (χ2n) is 9.25. The molecule has 174 valence electrons. The van der Waals surface area contributed by atoms with Crippen molar-refractivity contribution in [1.82, 2.24) is 9.55 Å². The number of ether oxygens (including phenoxy) is 2. The number of aromatic nitrogens is 2. The largest absolute Gasteiger partial charge is 0.456 e. The van der Waals surface area contributed by atoms with Gasteiger partial charge >= 0.3 is 11.7 Å². The molecule has 1 aromatic heterocycles.